The fourth-order valence-electron chi connectivity index (χ4n) is 1.65. The predicted octanol–water partition coefficient (Wildman–Crippen LogP) is 3.31. The van der Waals surface area contributed by atoms with Crippen molar-refractivity contribution in [2.75, 3.05) is 5.32 Å². The SMILES string of the molecule is CCCC(O)(CC)Nc1ccc(C)cc1. The van der Waals surface area contributed by atoms with Crippen molar-refractivity contribution >= 4 is 5.69 Å². The van der Waals surface area contributed by atoms with Crippen LogP contribution in [0.15, 0.2) is 24.3 Å². The average molecular weight is 207 g/mol. The summed E-state index contributed by atoms with van der Waals surface area (Å²) in [5.41, 5.74) is 1.46. The molecule has 2 heteroatoms. The molecule has 84 valence electrons. The lowest BCUT2D eigenvalue weighted by Crippen LogP contribution is -2.37. The molecule has 1 unspecified atom stereocenters. The van der Waals surface area contributed by atoms with Crippen molar-refractivity contribution in [3.63, 3.8) is 0 Å². The average Bonchev–Trinajstić information content (AvgIpc) is 2.22. The second kappa shape index (κ2) is 5.17. The summed E-state index contributed by atoms with van der Waals surface area (Å²) in [6.45, 7) is 6.14. The smallest absolute Gasteiger partial charge is 0.135 e. The molecule has 0 saturated heterocycles. The second-order valence-electron chi connectivity index (χ2n) is 4.13. The molecule has 0 aliphatic heterocycles. The Morgan fingerprint density at radius 3 is 2.27 bits per heavy atom. The Labute approximate surface area is 92.3 Å². The standard InChI is InChI=1S/C13H21NO/c1-4-10-13(15,5-2)14-12-8-6-11(3)7-9-12/h6-9,14-15H,4-5,10H2,1-3H3. The van der Waals surface area contributed by atoms with Crippen LogP contribution in [0.1, 0.15) is 38.7 Å². The first-order valence-electron chi connectivity index (χ1n) is 5.67. The van der Waals surface area contributed by atoms with Gasteiger partial charge in [0.05, 0.1) is 0 Å². The molecular weight excluding hydrogens is 186 g/mol. The first-order chi connectivity index (χ1) is 7.09. The van der Waals surface area contributed by atoms with Crippen LogP contribution >= 0.6 is 0 Å². The highest BCUT2D eigenvalue weighted by Crippen LogP contribution is 2.21. The minimum absolute atomic E-state index is 0.717. The van der Waals surface area contributed by atoms with Crippen LogP contribution in [0.4, 0.5) is 5.69 Å². The molecule has 0 aliphatic carbocycles. The summed E-state index contributed by atoms with van der Waals surface area (Å²) in [6, 6.07) is 8.10. The van der Waals surface area contributed by atoms with E-state index >= 15 is 0 Å². The topological polar surface area (TPSA) is 32.3 Å². The summed E-state index contributed by atoms with van der Waals surface area (Å²) in [7, 11) is 0. The van der Waals surface area contributed by atoms with Gasteiger partial charge in [-0.3, -0.25) is 0 Å². The monoisotopic (exact) mass is 207 g/mol. The lowest BCUT2D eigenvalue weighted by atomic mass is 10.0. The number of aryl methyl sites for hydroxylation is 1. The normalized spacial score (nSPS) is 14.7. The van der Waals surface area contributed by atoms with E-state index in [9.17, 15) is 5.11 Å². The van der Waals surface area contributed by atoms with Crippen LogP contribution < -0.4 is 5.32 Å². The van der Waals surface area contributed by atoms with E-state index in [1.165, 1.54) is 5.56 Å². The lowest BCUT2D eigenvalue weighted by Gasteiger charge is -2.29. The Morgan fingerprint density at radius 2 is 1.80 bits per heavy atom. The largest absolute Gasteiger partial charge is 0.371 e. The minimum atomic E-state index is -0.760. The van der Waals surface area contributed by atoms with Gasteiger partial charge < -0.3 is 10.4 Å². The van der Waals surface area contributed by atoms with Gasteiger partial charge in [0, 0.05) is 5.69 Å². The van der Waals surface area contributed by atoms with Crippen molar-refractivity contribution < 1.29 is 5.11 Å². The van der Waals surface area contributed by atoms with E-state index in [0.29, 0.717) is 6.42 Å². The van der Waals surface area contributed by atoms with Gasteiger partial charge in [0.15, 0.2) is 0 Å². The summed E-state index contributed by atoms with van der Waals surface area (Å²) < 4.78 is 0. The van der Waals surface area contributed by atoms with Gasteiger partial charge in [-0.25, -0.2) is 0 Å². The summed E-state index contributed by atoms with van der Waals surface area (Å²) in [5.74, 6) is 0. The molecule has 1 rings (SSSR count). The van der Waals surface area contributed by atoms with Gasteiger partial charge in [-0.2, -0.15) is 0 Å². The Hall–Kier alpha value is -1.02. The van der Waals surface area contributed by atoms with Crippen molar-refractivity contribution in [3.8, 4) is 0 Å². The van der Waals surface area contributed by atoms with Crippen molar-refractivity contribution in [3.05, 3.63) is 29.8 Å². The van der Waals surface area contributed by atoms with Gasteiger partial charge in [0.25, 0.3) is 0 Å². The molecule has 1 atom stereocenters. The molecule has 2 N–H and O–H groups in total. The van der Waals surface area contributed by atoms with Gasteiger partial charge in [0.2, 0.25) is 0 Å². The molecule has 0 bridgehead atoms. The lowest BCUT2D eigenvalue weighted by molar-refractivity contribution is 0.0559. The van der Waals surface area contributed by atoms with E-state index in [1.54, 1.807) is 0 Å². The molecule has 0 aromatic heterocycles. The number of hydrogen-bond donors (Lipinski definition) is 2. The third-order valence-corrected chi connectivity index (χ3v) is 2.68. The van der Waals surface area contributed by atoms with Crippen molar-refractivity contribution in [2.24, 2.45) is 0 Å². The molecule has 0 amide bonds. The summed E-state index contributed by atoms with van der Waals surface area (Å²) in [5, 5.41) is 13.4. The molecule has 2 nitrogen and oxygen atoms in total. The first-order valence-corrected chi connectivity index (χ1v) is 5.67. The van der Waals surface area contributed by atoms with Crippen molar-refractivity contribution in [2.45, 2.75) is 45.8 Å². The number of aliphatic hydroxyl groups is 1. The Morgan fingerprint density at radius 1 is 1.20 bits per heavy atom. The molecule has 0 fully saturated rings. The van der Waals surface area contributed by atoms with Gasteiger partial charge in [-0.15, -0.1) is 0 Å². The van der Waals surface area contributed by atoms with Gasteiger partial charge >= 0.3 is 0 Å². The van der Waals surface area contributed by atoms with E-state index in [1.807, 2.05) is 31.2 Å². The van der Waals surface area contributed by atoms with Crippen LogP contribution in [0, 0.1) is 6.92 Å². The molecule has 1 aromatic carbocycles. The number of anilines is 1. The zero-order chi connectivity index (χ0) is 11.3. The van der Waals surface area contributed by atoms with Crippen LogP contribution in [0.25, 0.3) is 0 Å². The summed E-state index contributed by atoms with van der Waals surface area (Å²) in [4.78, 5) is 0. The molecule has 0 spiro atoms. The molecule has 0 radical (unpaired) electrons. The number of benzene rings is 1. The van der Waals surface area contributed by atoms with Crippen LogP contribution in [-0.2, 0) is 0 Å². The zero-order valence-corrected chi connectivity index (χ0v) is 9.88. The van der Waals surface area contributed by atoms with Gasteiger partial charge in [-0.05, 0) is 31.9 Å². The fourth-order valence-corrected chi connectivity index (χ4v) is 1.65. The summed E-state index contributed by atoms with van der Waals surface area (Å²) in [6.07, 6.45) is 2.47. The second-order valence-corrected chi connectivity index (χ2v) is 4.13. The molecule has 0 saturated carbocycles. The molecular formula is C13H21NO. The highest BCUT2D eigenvalue weighted by atomic mass is 16.3. The maximum absolute atomic E-state index is 10.2. The van der Waals surface area contributed by atoms with E-state index in [0.717, 1.165) is 18.5 Å². The van der Waals surface area contributed by atoms with Crippen molar-refractivity contribution in [1.29, 1.82) is 0 Å². The van der Waals surface area contributed by atoms with E-state index in [2.05, 4.69) is 19.2 Å². The molecule has 15 heavy (non-hydrogen) atoms. The fraction of sp³-hybridized carbons (Fsp3) is 0.538. The quantitative estimate of drug-likeness (QED) is 0.726. The predicted molar refractivity (Wildman–Crippen MR) is 65.0 cm³/mol. The number of rotatable bonds is 5. The first kappa shape index (κ1) is 12.1. The van der Waals surface area contributed by atoms with Crippen LogP contribution in [0.3, 0.4) is 0 Å². The maximum atomic E-state index is 10.2. The maximum Gasteiger partial charge on any atom is 0.135 e. The van der Waals surface area contributed by atoms with E-state index < -0.39 is 5.72 Å². The molecule has 0 heterocycles. The molecule has 1 aromatic rings. The zero-order valence-electron chi connectivity index (χ0n) is 9.88. The minimum Gasteiger partial charge on any atom is -0.371 e. The Kier molecular flexibility index (Phi) is 4.15. The van der Waals surface area contributed by atoms with Gasteiger partial charge in [-0.1, -0.05) is 38.0 Å². The third-order valence-electron chi connectivity index (χ3n) is 2.68. The van der Waals surface area contributed by atoms with Gasteiger partial charge in [0.1, 0.15) is 5.72 Å². The Bertz CT molecular complexity index is 294. The number of hydrogen-bond acceptors (Lipinski definition) is 2. The summed E-state index contributed by atoms with van der Waals surface area (Å²) >= 11 is 0. The third kappa shape index (κ3) is 3.56. The highest BCUT2D eigenvalue weighted by Gasteiger charge is 2.22. The van der Waals surface area contributed by atoms with E-state index in [4.69, 9.17) is 0 Å². The van der Waals surface area contributed by atoms with Crippen LogP contribution in [0.5, 0.6) is 0 Å². The van der Waals surface area contributed by atoms with Crippen LogP contribution in [-0.4, -0.2) is 10.8 Å². The Balaban J connectivity index is 2.70. The van der Waals surface area contributed by atoms with E-state index in [-0.39, 0.29) is 0 Å². The van der Waals surface area contributed by atoms with Crippen LogP contribution in [0.2, 0.25) is 0 Å². The molecule has 0 aliphatic rings. The number of nitrogens with one attached hydrogen (secondary N) is 1. The van der Waals surface area contributed by atoms with Crippen molar-refractivity contribution in [1.82, 2.24) is 0 Å². The highest BCUT2D eigenvalue weighted by molar-refractivity contribution is 5.45.